The van der Waals surface area contributed by atoms with Gasteiger partial charge >= 0.3 is 0 Å². The topological polar surface area (TPSA) is 49.6 Å². The van der Waals surface area contributed by atoms with Gasteiger partial charge in [0, 0.05) is 19.6 Å². The molecular weight excluding hydrogens is 250 g/mol. The van der Waals surface area contributed by atoms with Crippen molar-refractivity contribution in [3.05, 3.63) is 35.9 Å². The van der Waals surface area contributed by atoms with Gasteiger partial charge in [0.25, 0.3) is 0 Å². The summed E-state index contributed by atoms with van der Waals surface area (Å²) in [6, 6.07) is 9.09. The number of piperidine rings is 1. The van der Waals surface area contributed by atoms with Crippen LogP contribution in [0.3, 0.4) is 0 Å². The predicted molar refractivity (Wildman–Crippen MR) is 81.2 cm³/mol. The molecule has 0 aliphatic carbocycles. The molecule has 1 unspecified atom stereocenters. The largest absolute Gasteiger partial charge is 0.341 e. The lowest BCUT2D eigenvalue weighted by Crippen LogP contribution is -2.44. The average Bonchev–Trinajstić information content (AvgIpc) is 2.47. The predicted octanol–water partition coefficient (Wildman–Crippen LogP) is 1.49. The van der Waals surface area contributed by atoms with Gasteiger partial charge in [0.2, 0.25) is 5.91 Å². The summed E-state index contributed by atoms with van der Waals surface area (Å²) in [5.74, 6) is 0.751. The van der Waals surface area contributed by atoms with E-state index in [4.69, 9.17) is 5.73 Å². The minimum atomic E-state index is -0.526. The Morgan fingerprint density at radius 3 is 2.45 bits per heavy atom. The lowest BCUT2D eigenvalue weighted by atomic mass is 9.95. The fraction of sp³-hybridized carbons (Fsp3) is 0.562. The van der Waals surface area contributed by atoms with Crippen LogP contribution in [0.1, 0.15) is 24.4 Å². The Bertz CT molecular complexity index is 425. The third-order valence-corrected chi connectivity index (χ3v) is 3.97. The van der Waals surface area contributed by atoms with Crippen LogP contribution in [-0.2, 0) is 4.79 Å². The smallest absolute Gasteiger partial charge is 0.244 e. The van der Waals surface area contributed by atoms with Crippen LogP contribution in [0.5, 0.6) is 0 Å². The first-order chi connectivity index (χ1) is 9.58. The highest BCUT2D eigenvalue weighted by atomic mass is 16.2. The maximum atomic E-state index is 12.4. The molecule has 1 aromatic rings. The molecule has 4 nitrogen and oxygen atoms in total. The summed E-state index contributed by atoms with van der Waals surface area (Å²) in [7, 11) is 4.20. The summed E-state index contributed by atoms with van der Waals surface area (Å²) >= 11 is 0. The zero-order chi connectivity index (χ0) is 14.5. The number of hydrogen-bond donors (Lipinski definition) is 1. The molecule has 1 aliphatic heterocycles. The van der Waals surface area contributed by atoms with Crippen molar-refractivity contribution < 1.29 is 4.79 Å². The number of amides is 1. The van der Waals surface area contributed by atoms with E-state index in [1.54, 1.807) is 0 Å². The van der Waals surface area contributed by atoms with Gasteiger partial charge in [-0.15, -0.1) is 0 Å². The van der Waals surface area contributed by atoms with Crippen molar-refractivity contribution in [3.63, 3.8) is 0 Å². The van der Waals surface area contributed by atoms with Crippen LogP contribution < -0.4 is 5.73 Å². The molecule has 110 valence electrons. The van der Waals surface area contributed by atoms with E-state index in [0.717, 1.165) is 38.0 Å². The van der Waals surface area contributed by atoms with E-state index in [2.05, 4.69) is 19.0 Å². The molecule has 0 radical (unpaired) electrons. The molecule has 1 heterocycles. The van der Waals surface area contributed by atoms with Gasteiger partial charge in [-0.25, -0.2) is 0 Å². The van der Waals surface area contributed by atoms with E-state index in [9.17, 15) is 4.79 Å². The molecule has 2 N–H and O–H groups in total. The van der Waals surface area contributed by atoms with Crippen molar-refractivity contribution in [2.45, 2.75) is 18.9 Å². The van der Waals surface area contributed by atoms with Crippen LogP contribution in [-0.4, -0.2) is 49.4 Å². The lowest BCUT2D eigenvalue weighted by Gasteiger charge is -2.34. The first-order valence-corrected chi connectivity index (χ1v) is 7.32. The van der Waals surface area contributed by atoms with E-state index >= 15 is 0 Å². The Morgan fingerprint density at radius 2 is 1.90 bits per heavy atom. The highest BCUT2D eigenvalue weighted by molar-refractivity contribution is 5.83. The summed E-state index contributed by atoms with van der Waals surface area (Å²) in [5.41, 5.74) is 6.98. The fourth-order valence-electron chi connectivity index (χ4n) is 2.85. The van der Waals surface area contributed by atoms with E-state index in [1.165, 1.54) is 0 Å². The van der Waals surface area contributed by atoms with Gasteiger partial charge in [-0.1, -0.05) is 30.3 Å². The third-order valence-electron chi connectivity index (χ3n) is 3.97. The molecule has 1 aromatic carbocycles. The summed E-state index contributed by atoms with van der Waals surface area (Å²) in [4.78, 5) is 16.6. The molecule has 1 aliphatic rings. The number of likely N-dealkylation sites (tertiary alicyclic amines) is 1. The highest BCUT2D eigenvalue weighted by Crippen LogP contribution is 2.21. The van der Waals surface area contributed by atoms with Crippen molar-refractivity contribution in [1.82, 2.24) is 9.80 Å². The Hall–Kier alpha value is -1.39. The number of nitrogens with zero attached hydrogens (tertiary/aromatic N) is 2. The Kier molecular flexibility index (Phi) is 5.15. The molecule has 1 atom stereocenters. The molecular formula is C16H25N3O. The standard InChI is InChI=1S/C16H25N3O/c1-18(2)12-13-8-10-19(11-9-13)16(20)15(17)14-6-4-3-5-7-14/h3-7,13,15H,8-12,17H2,1-2H3. The van der Waals surface area contributed by atoms with Gasteiger partial charge < -0.3 is 15.5 Å². The van der Waals surface area contributed by atoms with Crippen LogP contribution in [0.4, 0.5) is 0 Å². The van der Waals surface area contributed by atoms with E-state index < -0.39 is 6.04 Å². The van der Waals surface area contributed by atoms with Gasteiger partial charge in [-0.3, -0.25) is 4.79 Å². The second-order valence-electron chi connectivity index (χ2n) is 5.92. The molecule has 1 amide bonds. The van der Waals surface area contributed by atoms with Crippen LogP contribution in [0.25, 0.3) is 0 Å². The van der Waals surface area contributed by atoms with Gasteiger partial charge in [0.1, 0.15) is 6.04 Å². The minimum absolute atomic E-state index is 0.0551. The zero-order valence-electron chi connectivity index (χ0n) is 12.5. The second-order valence-corrected chi connectivity index (χ2v) is 5.92. The average molecular weight is 275 g/mol. The second kappa shape index (κ2) is 6.86. The number of hydrogen-bond acceptors (Lipinski definition) is 3. The van der Waals surface area contributed by atoms with Gasteiger partial charge in [0.15, 0.2) is 0 Å². The van der Waals surface area contributed by atoms with Crippen molar-refractivity contribution >= 4 is 5.91 Å². The molecule has 0 aromatic heterocycles. The minimum Gasteiger partial charge on any atom is -0.341 e. The van der Waals surface area contributed by atoms with Crippen molar-refractivity contribution in [1.29, 1.82) is 0 Å². The normalized spacial score (nSPS) is 18.3. The lowest BCUT2D eigenvalue weighted by molar-refractivity contribution is -0.134. The van der Waals surface area contributed by atoms with Crippen molar-refractivity contribution in [2.75, 3.05) is 33.7 Å². The highest BCUT2D eigenvalue weighted by Gasteiger charge is 2.27. The third kappa shape index (κ3) is 3.81. The van der Waals surface area contributed by atoms with Crippen LogP contribution >= 0.6 is 0 Å². The van der Waals surface area contributed by atoms with Crippen molar-refractivity contribution in [2.24, 2.45) is 11.7 Å². The van der Waals surface area contributed by atoms with Gasteiger partial charge in [-0.2, -0.15) is 0 Å². The molecule has 1 saturated heterocycles. The van der Waals surface area contributed by atoms with E-state index in [1.807, 2.05) is 35.2 Å². The van der Waals surface area contributed by atoms with Gasteiger partial charge in [-0.05, 0) is 38.4 Å². The van der Waals surface area contributed by atoms with Crippen LogP contribution in [0.2, 0.25) is 0 Å². The molecule has 0 saturated carbocycles. The number of carbonyl (C=O) groups is 1. The van der Waals surface area contributed by atoms with Crippen LogP contribution in [0, 0.1) is 5.92 Å². The molecule has 1 fully saturated rings. The molecule has 2 rings (SSSR count). The van der Waals surface area contributed by atoms with Crippen LogP contribution in [0.15, 0.2) is 30.3 Å². The van der Waals surface area contributed by atoms with Crippen molar-refractivity contribution in [3.8, 4) is 0 Å². The molecule has 20 heavy (non-hydrogen) atoms. The summed E-state index contributed by atoms with van der Waals surface area (Å²) < 4.78 is 0. The Morgan fingerprint density at radius 1 is 1.30 bits per heavy atom. The zero-order valence-corrected chi connectivity index (χ0v) is 12.5. The first kappa shape index (κ1) is 15.0. The summed E-state index contributed by atoms with van der Waals surface area (Å²) in [6.45, 7) is 2.77. The van der Waals surface area contributed by atoms with E-state index in [-0.39, 0.29) is 5.91 Å². The monoisotopic (exact) mass is 275 g/mol. The van der Waals surface area contributed by atoms with E-state index in [0.29, 0.717) is 5.92 Å². The summed E-state index contributed by atoms with van der Waals surface area (Å²) in [6.07, 6.45) is 2.15. The maximum Gasteiger partial charge on any atom is 0.244 e. The quantitative estimate of drug-likeness (QED) is 0.905. The number of rotatable bonds is 4. The number of carbonyl (C=O) groups excluding carboxylic acids is 1. The fourth-order valence-corrected chi connectivity index (χ4v) is 2.85. The Labute approximate surface area is 121 Å². The molecule has 4 heteroatoms. The number of nitrogens with two attached hydrogens (primary N) is 1. The summed E-state index contributed by atoms with van der Waals surface area (Å²) in [5, 5.41) is 0. The molecule has 0 spiro atoms. The van der Waals surface area contributed by atoms with Gasteiger partial charge in [0.05, 0.1) is 0 Å². The SMILES string of the molecule is CN(C)CC1CCN(C(=O)C(N)c2ccccc2)CC1. The Balaban J connectivity index is 1.89. The maximum absolute atomic E-state index is 12.4. The first-order valence-electron chi connectivity index (χ1n) is 7.32. The molecule has 0 bridgehead atoms. The number of benzene rings is 1.